The van der Waals surface area contributed by atoms with Crippen molar-refractivity contribution in [3.8, 4) is 5.75 Å². The summed E-state index contributed by atoms with van der Waals surface area (Å²) in [5.74, 6) is 2.62. The molecule has 0 spiro atoms. The first kappa shape index (κ1) is 13.1. The molecule has 0 saturated heterocycles. The SMILES string of the molecule is CCOc1ccccc1Nc1nc(C)nc(N)c1C. The Morgan fingerprint density at radius 2 is 1.95 bits per heavy atom. The van der Waals surface area contributed by atoms with Crippen LogP contribution in [0.15, 0.2) is 24.3 Å². The maximum absolute atomic E-state index is 5.85. The van der Waals surface area contributed by atoms with Crippen LogP contribution in [0.3, 0.4) is 0 Å². The number of aromatic nitrogens is 2. The summed E-state index contributed by atoms with van der Waals surface area (Å²) in [6.45, 7) is 6.27. The van der Waals surface area contributed by atoms with Crippen LogP contribution in [0.25, 0.3) is 0 Å². The molecule has 19 heavy (non-hydrogen) atoms. The van der Waals surface area contributed by atoms with Crippen molar-refractivity contribution in [1.82, 2.24) is 9.97 Å². The zero-order valence-electron chi connectivity index (χ0n) is 11.4. The van der Waals surface area contributed by atoms with Crippen LogP contribution in [-0.4, -0.2) is 16.6 Å². The van der Waals surface area contributed by atoms with Crippen molar-refractivity contribution in [1.29, 1.82) is 0 Å². The zero-order chi connectivity index (χ0) is 13.8. The lowest BCUT2D eigenvalue weighted by molar-refractivity contribution is 0.342. The number of anilines is 3. The number of rotatable bonds is 4. The molecule has 0 fully saturated rings. The van der Waals surface area contributed by atoms with Crippen LogP contribution in [0, 0.1) is 13.8 Å². The second kappa shape index (κ2) is 5.56. The molecule has 1 heterocycles. The molecule has 3 N–H and O–H groups in total. The van der Waals surface area contributed by atoms with Gasteiger partial charge >= 0.3 is 0 Å². The van der Waals surface area contributed by atoms with E-state index in [0.29, 0.717) is 24.1 Å². The summed E-state index contributed by atoms with van der Waals surface area (Å²) < 4.78 is 5.57. The van der Waals surface area contributed by atoms with E-state index in [1.165, 1.54) is 0 Å². The molecule has 5 heteroatoms. The van der Waals surface area contributed by atoms with Gasteiger partial charge in [0.15, 0.2) is 0 Å². The van der Waals surface area contributed by atoms with E-state index in [2.05, 4.69) is 15.3 Å². The van der Waals surface area contributed by atoms with Gasteiger partial charge in [-0.3, -0.25) is 0 Å². The Morgan fingerprint density at radius 1 is 1.21 bits per heavy atom. The van der Waals surface area contributed by atoms with Gasteiger partial charge in [0.1, 0.15) is 23.2 Å². The van der Waals surface area contributed by atoms with Gasteiger partial charge in [0, 0.05) is 5.56 Å². The fourth-order valence-electron chi connectivity index (χ4n) is 1.75. The largest absolute Gasteiger partial charge is 0.492 e. The summed E-state index contributed by atoms with van der Waals surface area (Å²) >= 11 is 0. The average Bonchev–Trinajstić information content (AvgIpc) is 2.38. The Kier molecular flexibility index (Phi) is 3.85. The van der Waals surface area contributed by atoms with Crippen molar-refractivity contribution in [3.63, 3.8) is 0 Å². The highest BCUT2D eigenvalue weighted by atomic mass is 16.5. The van der Waals surface area contributed by atoms with E-state index in [1.807, 2.05) is 45.0 Å². The normalized spacial score (nSPS) is 10.3. The molecule has 0 atom stereocenters. The molecule has 1 aromatic heterocycles. The van der Waals surface area contributed by atoms with Crippen LogP contribution < -0.4 is 15.8 Å². The topological polar surface area (TPSA) is 73.1 Å². The van der Waals surface area contributed by atoms with Gasteiger partial charge < -0.3 is 15.8 Å². The maximum Gasteiger partial charge on any atom is 0.142 e. The number of aryl methyl sites for hydroxylation is 1. The van der Waals surface area contributed by atoms with Gasteiger partial charge in [-0.1, -0.05) is 12.1 Å². The Bertz CT molecular complexity index is 584. The quantitative estimate of drug-likeness (QED) is 0.882. The minimum Gasteiger partial charge on any atom is -0.492 e. The molecule has 0 aliphatic rings. The van der Waals surface area contributed by atoms with E-state index in [0.717, 1.165) is 17.0 Å². The van der Waals surface area contributed by atoms with E-state index < -0.39 is 0 Å². The molecule has 5 nitrogen and oxygen atoms in total. The highest BCUT2D eigenvalue weighted by molar-refractivity contribution is 5.68. The van der Waals surface area contributed by atoms with Crippen molar-refractivity contribution < 1.29 is 4.74 Å². The third kappa shape index (κ3) is 2.93. The molecule has 0 radical (unpaired) electrons. The van der Waals surface area contributed by atoms with Crippen LogP contribution in [0.2, 0.25) is 0 Å². The van der Waals surface area contributed by atoms with Crippen molar-refractivity contribution in [3.05, 3.63) is 35.7 Å². The first-order valence-corrected chi connectivity index (χ1v) is 6.21. The number of nitrogens with two attached hydrogens (primary N) is 1. The molecule has 0 bridgehead atoms. The van der Waals surface area contributed by atoms with E-state index >= 15 is 0 Å². The van der Waals surface area contributed by atoms with E-state index in [1.54, 1.807) is 0 Å². The predicted octanol–water partition coefficient (Wildman–Crippen LogP) is 2.82. The lowest BCUT2D eigenvalue weighted by atomic mass is 10.2. The Morgan fingerprint density at radius 3 is 2.68 bits per heavy atom. The first-order chi connectivity index (χ1) is 9.11. The van der Waals surface area contributed by atoms with E-state index in [-0.39, 0.29) is 0 Å². The minimum atomic E-state index is 0.490. The smallest absolute Gasteiger partial charge is 0.142 e. The molecule has 1 aromatic carbocycles. The standard InChI is InChI=1S/C14H18N4O/c1-4-19-12-8-6-5-7-11(12)18-14-9(2)13(15)16-10(3)17-14/h5-8H,4H2,1-3H3,(H3,15,16,17,18). The van der Waals surface area contributed by atoms with Crippen molar-refractivity contribution in [2.45, 2.75) is 20.8 Å². The number of nitrogens with zero attached hydrogens (tertiary/aromatic N) is 2. The van der Waals surface area contributed by atoms with Crippen LogP contribution in [0.5, 0.6) is 5.75 Å². The minimum absolute atomic E-state index is 0.490. The number of para-hydroxylation sites is 2. The molecule has 0 aliphatic carbocycles. The van der Waals surface area contributed by atoms with Gasteiger partial charge in [-0.2, -0.15) is 0 Å². The van der Waals surface area contributed by atoms with Crippen molar-refractivity contribution in [2.75, 3.05) is 17.7 Å². The number of benzene rings is 1. The van der Waals surface area contributed by atoms with Crippen molar-refractivity contribution >= 4 is 17.3 Å². The molecule has 100 valence electrons. The van der Waals surface area contributed by atoms with E-state index in [9.17, 15) is 0 Å². The molecule has 2 aromatic rings. The molecule has 2 rings (SSSR count). The highest BCUT2D eigenvalue weighted by Gasteiger charge is 2.09. The third-order valence-corrected chi connectivity index (χ3v) is 2.74. The zero-order valence-corrected chi connectivity index (χ0v) is 11.4. The molecule has 0 saturated carbocycles. The van der Waals surface area contributed by atoms with Gasteiger partial charge in [-0.25, -0.2) is 9.97 Å². The number of ether oxygens (including phenoxy) is 1. The van der Waals surface area contributed by atoms with Crippen molar-refractivity contribution in [2.24, 2.45) is 0 Å². The Labute approximate surface area is 112 Å². The van der Waals surface area contributed by atoms with Crippen LogP contribution in [-0.2, 0) is 0 Å². The fourth-order valence-corrected chi connectivity index (χ4v) is 1.75. The second-order valence-corrected chi connectivity index (χ2v) is 4.18. The first-order valence-electron chi connectivity index (χ1n) is 6.21. The molecule has 0 amide bonds. The maximum atomic E-state index is 5.85. The summed E-state index contributed by atoms with van der Waals surface area (Å²) in [6.07, 6.45) is 0. The number of nitrogens with one attached hydrogen (secondary N) is 1. The van der Waals surface area contributed by atoms with E-state index in [4.69, 9.17) is 10.5 Å². The van der Waals surface area contributed by atoms with Crippen LogP contribution in [0.1, 0.15) is 18.3 Å². The third-order valence-electron chi connectivity index (χ3n) is 2.74. The van der Waals surface area contributed by atoms with Gasteiger partial charge in [-0.05, 0) is 32.9 Å². The van der Waals surface area contributed by atoms with Gasteiger partial charge in [0.05, 0.1) is 12.3 Å². The average molecular weight is 258 g/mol. The van der Waals surface area contributed by atoms with Crippen LogP contribution >= 0.6 is 0 Å². The summed E-state index contributed by atoms with van der Waals surface area (Å²) in [5.41, 5.74) is 7.55. The predicted molar refractivity (Wildman–Crippen MR) is 76.8 cm³/mol. The molecular formula is C14H18N4O. The number of nitrogen functional groups attached to an aromatic ring is 1. The summed E-state index contributed by atoms with van der Waals surface area (Å²) in [5, 5.41) is 3.25. The Hall–Kier alpha value is -2.30. The van der Waals surface area contributed by atoms with Gasteiger partial charge in [0.25, 0.3) is 0 Å². The summed E-state index contributed by atoms with van der Waals surface area (Å²) in [7, 11) is 0. The highest BCUT2D eigenvalue weighted by Crippen LogP contribution is 2.28. The van der Waals surface area contributed by atoms with Gasteiger partial charge in [-0.15, -0.1) is 0 Å². The lowest BCUT2D eigenvalue weighted by Gasteiger charge is -2.14. The number of hydrogen-bond acceptors (Lipinski definition) is 5. The lowest BCUT2D eigenvalue weighted by Crippen LogP contribution is -2.06. The fraction of sp³-hybridized carbons (Fsp3) is 0.286. The molecular weight excluding hydrogens is 240 g/mol. The Balaban J connectivity index is 2.36. The van der Waals surface area contributed by atoms with Gasteiger partial charge in [0.2, 0.25) is 0 Å². The van der Waals surface area contributed by atoms with Crippen LogP contribution in [0.4, 0.5) is 17.3 Å². The summed E-state index contributed by atoms with van der Waals surface area (Å²) in [6, 6.07) is 7.73. The monoisotopic (exact) mass is 258 g/mol. The molecule has 0 unspecified atom stereocenters. The summed E-state index contributed by atoms with van der Waals surface area (Å²) in [4.78, 5) is 8.50. The second-order valence-electron chi connectivity index (χ2n) is 4.18. The number of hydrogen-bond donors (Lipinski definition) is 2. The molecule has 0 aliphatic heterocycles.